The van der Waals surface area contributed by atoms with E-state index in [4.69, 9.17) is 11.5 Å². The Kier molecular flexibility index (Phi) is 3.56. The standard InChI is InChI=1S/C7H15N5S/c1-12-7(9)10-6(11-12)5(8)3-4-13-2/h5H,3-4,8H2,1-2H3,(H2,9,10,11)/t5-/m0/s1. The highest BCUT2D eigenvalue weighted by Gasteiger charge is 2.12. The average Bonchev–Trinajstić information content (AvgIpc) is 2.43. The van der Waals surface area contributed by atoms with Gasteiger partial charge in [0.15, 0.2) is 5.82 Å². The number of hydrogen-bond donors (Lipinski definition) is 2. The minimum atomic E-state index is -0.101. The molecule has 0 saturated heterocycles. The third kappa shape index (κ3) is 2.60. The van der Waals surface area contributed by atoms with E-state index in [0.717, 1.165) is 12.2 Å². The summed E-state index contributed by atoms with van der Waals surface area (Å²) in [7, 11) is 1.76. The lowest BCUT2D eigenvalue weighted by Gasteiger charge is -2.04. The highest BCUT2D eigenvalue weighted by Crippen LogP contribution is 2.12. The SMILES string of the molecule is CSCC[C@H](N)c1nc(N)n(C)n1. The second kappa shape index (κ2) is 4.48. The number of nitrogens with zero attached hydrogens (tertiary/aromatic N) is 3. The van der Waals surface area contributed by atoms with Gasteiger partial charge in [0.1, 0.15) is 0 Å². The van der Waals surface area contributed by atoms with Crippen LogP contribution >= 0.6 is 11.8 Å². The van der Waals surface area contributed by atoms with Crippen molar-refractivity contribution in [3.8, 4) is 0 Å². The number of rotatable bonds is 4. The molecule has 0 bridgehead atoms. The lowest BCUT2D eigenvalue weighted by atomic mass is 10.2. The highest BCUT2D eigenvalue weighted by molar-refractivity contribution is 7.98. The maximum absolute atomic E-state index is 5.86. The first-order chi connectivity index (χ1) is 6.15. The molecule has 6 heteroatoms. The van der Waals surface area contributed by atoms with E-state index in [-0.39, 0.29) is 6.04 Å². The van der Waals surface area contributed by atoms with Crippen molar-refractivity contribution in [2.75, 3.05) is 17.7 Å². The van der Waals surface area contributed by atoms with Crippen LogP contribution in [0.25, 0.3) is 0 Å². The molecule has 1 aromatic heterocycles. The zero-order chi connectivity index (χ0) is 9.84. The molecule has 1 rings (SSSR count). The van der Waals surface area contributed by atoms with Crippen LogP contribution in [0.3, 0.4) is 0 Å². The minimum absolute atomic E-state index is 0.101. The second-order valence-corrected chi connectivity index (χ2v) is 3.83. The number of anilines is 1. The lowest BCUT2D eigenvalue weighted by Crippen LogP contribution is -2.13. The lowest BCUT2D eigenvalue weighted by molar-refractivity contribution is 0.637. The van der Waals surface area contributed by atoms with Crippen molar-refractivity contribution >= 4 is 17.7 Å². The Balaban J connectivity index is 2.60. The smallest absolute Gasteiger partial charge is 0.218 e. The van der Waals surface area contributed by atoms with Gasteiger partial charge in [-0.25, -0.2) is 4.68 Å². The summed E-state index contributed by atoms with van der Waals surface area (Å²) in [6.07, 6.45) is 2.93. The second-order valence-electron chi connectivity index (χ2n) is 2.84. The summed E-state index contributed by atoms with van der Waals surface area (Å²) in [4.78, 5) is 4.06. The summed E-state index contributed by atoms with van der Waals surface area (Å²) in [6.45, 7) is 0. The van der Waals surface area contributed by atoms with E-state index in [1.807, 2.05) is 6.26 Å². The van der Waals surface area contributed by atoms with Gasteiger partial charge in [0.05, 0.1) is 6.04 Å². The van der Waals surface area contributed by atoms with Crippen molar-refractivity contribution in [2.24, 2.45) is 12.8 Å². The highest BCUT2D eigenvalue weighted by atomic mass is 32.2. The maximum Gasteiger partial charge on any atom is 0.218 e. The van der Waals surface area contributed by atoms with Gasteiger partial charge in [-0.15, -0.1) is 0 Å². The molecule has 13 heavy (non-hydrogen) atoms. The molecular formula is C7H15N5S. The zero-order valence-electron chi connectivity index (χ0n) is 7.90. The summed E-state index contributed by atoms with van der Waals surface area (Å²) < 4.78 is 1.54. The Bertz CT molecular complexity index is 252. The van der Waals surface area contributed by atoms with Crippen molar-refractivity contribution < 1.29 is 0 Å². The van der Waals surface area contributed by atoms with Crippen molar-refractivity contribution in [1.82, 2.24) is 14.8 Å². The normalized spacial score (nSPS) is 13.2. The van der Waals surface area contributed by atoms with E-state index >= 15 is 0 Å². The van der Waals surface area contributed by atoms with E-state index in [1.165, 1.54) is 4.68 Å². The minimum Gasteiger partial charge on any atom is -0.368 e. The number of aromatic nitrogens is 3. The zero-order valence-corrected chi connectivity index (χ0v) is 8.71. The third-order valence-electron chi connectivity index (χ3n) is 1.78. The summed E-state index contributed by atoms with van der Waals surface area (Å²) in [5.74, 6) is 2.06. The Morgan fingerprint density at radius 3 is 2.77 bits per heavy atom. The van der Waals surface area contributed by atoms with Crippen LogP contribution in [0.15, 0.2) is 0 Å². The van der Waals surface area contributed by atoms with Crippen LogP contribution in [0, 0.1) is 0 Å². The quantitative estimate of drug-likeness (QED) is 0.724. The molecule has 0 aromatic carbocycles. The van der Waals surface area contributed by atoms with Gasteiger partial charge < -0.3 is 11.5 Å². The summed E-state index contributed by atoms with van der Waals surface area (Å²) in [5, 5.41) is 4.11. The third-order valence-corrected chi connectivity index (χ3v) is 2.42. The fraction of sp³-hybridized carbons (Fsp3) is 0.714. The fourth-order valence-electron chi connectivity index (χ4n) is 0.948. The summed E-state index contributed by atoms with van der Waals surface area (Å²) >= 11 is 1.76. The van der Waals surface area contributed by atoms with Crippen LogP contribution < -0.4 is 11.5 Å². The largest absolute Gasteiger partial charge is 0.368 e. The first-order valence-electron chi connectivity index (χ1n) is 4.06. The number of thioether (sulfide) groups is 1. The molecule has 4 N–H and O–H groups in total. The Hall–Kier alpha value is -0.750. The molecular weight excluding hydrogens is 186 g/mol. The molecule has 0 aliphatic carbocycles. The van der Waals surface area contributed by atoms with Gasteiger partial charge in [0.2, 0.25) is 5.95 Å². The molecule has 0 saturated carbocycles. The molecule has 1 heterocycles. The predicted molar refractivity (Wildman–Crippen MR) is 55.3 cm³/mol. The van der Waals surface area contributed by atoms with Gasteiger partial charge in [-0.05, 0) is 18.4 Å². The Morgan fingerprint density at radius 2 is 2.31 bits per heavy atom. The van der Waals surface area contributed by atoms with E-state index in [2.05, 4.69) is 10.1 Å². The van der Waals surface area contributed by atoms with Gasteiger partial charge >= 0.3 is 0 Å². The molecule has 0 radical (unpaired) electrons. The molecule has 74 valence electrons. The van der Waals surface area contributed by atoms with Crippen LogP contribution in [0.4, 0.5) is 5.95 Å². The van der Waals surface area contributed by atoms with Gasteiger partial charge in [0, 0.05) is 7.05 Å². The molecule has 0 unspecified atom stereocenters. The molecule has 5 nitrogen and oxygen atoms in total. The molecule has 1 aromatic rings. The fourth-order valence-corrected chi connectivity index (χ4v) is 1.44. The van der Waals surface area contributed by atoms with Crippen LogP contribution in [0.2, 0.25) is 0 Å². The van der Waals surface area contributed by atoms with Gasteiger partial charge in [-0.1, -0.05) is 0 Å². The van der Waals surface area contributed by atoms with Gasteiger partial charge in [-0.2, -0.15) is 21.8 Å². The van der Waals surface area contributed by atoms with E-state index < -0.39 is 0 Å². The predicted octanol–water partition coefficient (Wildman–Crippen LogP) is 0.150. The Morgan fingerprint density at radius 1 is 1.62 bits per heavy atom. The van der Waals surface area contributed by atoms with Gasteiger partial charge in [-0.3, -0.25) is 0 Å². The Labute approximate surface area is 81.9 Å². The molecule has 0 amide bonds. The monoisotopic (exact) mass is 201 g/mol. The first kappa shape index (κ1) is 10.3. The van der Waals surface area contributed by atoms with Crippen molar-refractivity contribution in [3.63, 3.8) is 0 Å². The van der Waals surface area contributed by atoms with E-state index in [1.54, 1.807) is 18.8 Å². The topological polar surface area (TPSA) is 82.7 Å². The first-order valence-corrected chi connectivity index (χ1v) is 5.45. The summed E-state index contributed by atoms with van der Waals surface area (Å²) in [5.41, 5.74) is 11.4. The van der Waals surface area contributed by atoms with Crippen LogP contribution in [0.5, 0.6) is 0 Å². The maximum atomic E-state index is 5.86. The molecule has 0 spiro atoms. The molecule has 0 aliphatic rings. The number of nitrogens with two attached hydrogens (primary N) is 2. The number of aryl methyl sites for hydroxylation is 1. The summed E-state index contributed by atoms with van der Waals surface area (Å²) in [6, 6.07) is -0.101. The van der Waals surface area contributed by atoms with E-state index in [9.17, 15) is 0 Å². The van der Waals surface area contributed by atoms with Crippen molar-refractivity contribution in [2.45, 2.75) is 12.5 Å². The van der Waals surface area contributed by atoms with Crippen molar-refractivity contribution in [1.29, 1.82) is 0 Å². The molecule has 0 aliphatic heterocycles. The van der Waals surface area contributed by atoms with Gasteiger partial charge in [0.25, 0.3) is 0 Å². The van der Waals surface area contributed by atoms with Crippen LogP contribution in [-0.2, 0) is 7.05 Å². The average molecular weight is 201 g/mol. The molecule has 1 atom stereocenters. The van der Waals surface area contributed by atoms with Crippen LogP contribution in [-0.4, -0.2) is 26.8 Å². The van der Waals surface area contributed by atoms with E-state index in [0.29, 0.717) is 11.8 Å². The number of nitrogen functional groups attached to an aromatic ring is 1. The van der Waals surface area contributed by atoms with Crippen molar-refractivity contribution in [3.05, 3.63) is 5.82 Å². The number of hydrogen-bond acceptors (Lipinski definition) is 5. The molecule has 0 fully saturated rings. The van der Waals surface area contributed by atoms with Crippen LogP contribution in [0.1, 0.15) is 18.3 Å².